The molecule has 0 atom stereocenters. The zero-order chi connectivity index (χ0) is 15.8. The summed E-state index contributed by atoms with van der Waals surface area (Å²) in [7, 11) is 0. The molecule has 1 aromatic carbocycles. The van der Waals surface area contributed by atoms with Crippen LogP contribution in [0.5, 0.6) is 0 Å². The molecule has 2 aromatic rings. The molecule has 22 heavy (non-hydrogen) atoms. The van der Waals surface area contributed by atoms with Gasteiger partial charge in [0.05, 0.1) is 12.4 Å². The van der Waals surface area contributed by atoms with E-state index in [2.05, 4.69) is 28.9 Å². The highest BCUT2D eigenvalue weighted by Crippen LogP contribution is 2.19. The fourth-order valence-electron chi connectivity index (χ4n) is 1.97. The highest BCUT2D eigenvalue weighted by atomic mass is 32.2. The van der Waals surface area contributed by atoms with Gasteiger partial charge in [0.1, 0.15) is 5.82 Å². The molecule has 1 aromatic heterocycles. The number of carbonyl (C=O) groups is 1. The topological polar surface area (TPSA) is 57.0 Å². The number of aromatic nitrogens is 3. The molecule has 0 unspecified atom stereocenters. The van der Waals surface area contributed by atoms with Crippen molar-refractivity contribution in [2.24, 2.45) is 0 Å². The number of ether oxygens (including phenoxy) is 1. The zero-order valence-electron chi connectivity index (χ0n) is 12.6. The number of allylic oxidation sites excluding steroid dienone is 1. The third-order valence-corrected chi connectivity index (χ3v) is 3.87. The number of esters is 1. The Morgan fingerprint density at radius 2 is 2.14 bits per heavy atom. The lowest BCUT2D eigenvalue weighted by molar-refractivity contribution is -0.139. The maximum absolute atomic E-state index is 11.5. The van der Waals surface area contributed by atoms with E-state index in [1.165, 1.54) is 17.3 Å². The van der Waals surface area contributed by atoms with E-state index in [4.69, 9.17) is 4.74 Å². The van der Waals surface area contributed by atoms with Crippen LogP contribution in [0.2, 0.25) is 0 Å². The predicted octanol–water partition coefficient (Wildman–Crippen LogP) is 2.71. The van der Waals surface area contributed by atoms with Crippen molar-refractivity contribution in [2.45, 2.75) is 25.0 Å². The number of hydrogen-bond donors (Lipinski definition) is 0. The molecule has 0 saturated heterocycles. The summed E-state index contributed by atoms with van der Waals surface area (Å²) in [5.41, 5.74) is 1.17. The number of thioether (sulfide) groups is 1. The molecule has 0 aliphatic carbocycles. The van der Waals surface area contributed by atoms with E-state index in [0.29, 0.717) is 24.7 Å². The Hall–Kier alpha value is -2.08. The van der Waals surface area contributed by atoms with Gasteiger partial charge in [-0.15, -0.1) is 16.8 Å². The molecule has 1 heterocycles. The molecule has 0 fully saturated rings. The maximum atomic E-state index is 11.5. The first kappa shape index (κ1) is 16.3. The van der Waals surface area contributed by atoms with Crippen LogP contribution >= 0.6 is 11.8 Å². The van der Waals surface area contributed by atoms with Gasteiger partial charge in [0, 0.05) is 13.0 Å². The van der Waals surface area contributed by atoms with Crippen LogP contribution < -0.4 is 0 Å². The van der Waals surface area contributed by atoms with Gasteiger partial charge in [-0.2, -0.15) is 0 Å². The fourth-order valence-corrected chi connectivity index (χ4v) is 2.74. The summed E-state index contributed by atoms with van der Waals surface area (Å²) in [5.74, 6) is 0.844. The lowest BCUT2D eigenvalue weighted by atomic mass is 10.1. The Kier molecular flexibility index (Phi) is 6.21. The van der Waals surface area contributed by atoms with Gasteiger partial charge in [0.25, 0.3) is 0 Å². The second kappa shape index (κ2) is 8.38. The minimum absolute atomic E-state index is 0.231. The van der Waals surface area contributed by atoms with Crippen LogP contribution in [0.1, 0.15) is 18.3 Å². The molecule has 0 radical (unpaired) electrons. The summed E-state index contributed by atoms with van der Waals surface area (Å²) < 4.78 is 6.90. The van der Waals surface area contributed by atoms with E-state index in [0.717, 1.165) is 5.82 Å². The molecule has 2 rings (SSSR count). The average Bonchev–Trinajstić information content (AvgIpc) is 2.89. The van der Waals surface area contributed by atoms with E-state index in [9.17, 15) is 4.79 Å². The number of benzene rings is 1. The molecule has 0 spiro atoms. The maximum Gasteiger partial charge on any atom is 0.316 e. The third-order valence-electron chi connectivity index (χ3n) is 2.93. The molecule has 0 bridgehead atoms. The summed E-state index contributed by atoms with van der Waals surface area (Å²) in [4.78, 5) is 11.5. The van der Waals surface area contributed by atoms with Gasteiger partial charge in [-0.05, 0) is 12.5 Å². The predicted molar refractivity (Wildman–Crippen MR) is 86.8 cm³/mol. The Morgan fingerprint density at radius 1 is 1.36 bits per heavy atom. The second-order valence-electron chi connectivity index (χ2n) is 4.55. The van der Waals surface area contributed by atoms with Gasteiger partial charge in [0.15, 0.2) is 5.16 Å². The van der Waals surface area contributed by atoms with Gasteiger partial charge in [-0.3, -0.25) is 4.79 Å². The smallest absolute Gasteiger partial charge is 0.316 e. The number of nitrogens with zero attached hydrogens (tertiary/aromatic N) is 3. The molecule has 116 valence electrons. The minimum Gasteiger partial charge on any atom is -0.465 e. The molecule has 0 saturated carbocycles. The Labute approximate surface area is 134 Å². The van der Waals surface area contributed by atoms with E-state index < -0.39 is 0 Å². The molecule has 6 heteroatoms. The van der Waals surface area contributed by atoms with Gasteiger partial charge in [-0.1, -0.05) is 48.2 Å². The van der Waals surface area contributed by atoms with Crippen molar-refractivity contribution in [3.63, 3.8) is 0 Å². The summed E-state index contributed by atoms with van der Waals surface area (Å²) in [5, 5.41) is 9.14. The van der Waals surface area contributed by atoms with E-state index >= 15 is 0 Å². The molecular weight excluding hydrogens is 298 g/mol. The van der Waals surface area contributed by atoms with Crippen LogP contribution in [0.3, 0.4) is 0 Å². The van der Waals surface area contributed by atoms with Gasteiger partial charge in [-0.25, -0.2) is 0 Å². The highest BCUT2D eigenvalue weighted by molar-refractivity contribution is 7.99. The van der Waals surface area contributed by atoms with Crippen molar-refractivity contribution in [1.82, 2.24) is 14.8 Å². The van der Waals surface area contributed by atoms with Crippen molar-refractivity contribution in [3.8, 4) is 0 Å². The second-order valence-corrected chi connectivity index (χ2v) is 5.50. The Bertz CT molecular complexity index is 626. The monoisotopic (exact) mass is 317 g/mol. The number of carbonyl (C=O) groups excluding carboxylic acids is 1. The first-order valence-corrected chi connectivity index (χ1v) is 8.08. The normalized spacial score (nSPS) is 10.4. The van der Waals surface area contributed by atoms with Crippen molar-refractivity contribution in [3.05, 3.63) is 54.4 Å². The number of rotatable bonds is 8. The molecule has 5 nitrogen and oxygen atoms in total. The first-order valence-electron chi connectivity index (χ1n) is 7.10. The molecule has 0 aliphatic heterocycles. The summed E-state index contributed by atoms with van der Waals surface area (Å²) in [6.07, 6.45) is 2.49. The van der Waals surface area contributed by atoms with Gasteiger partial charge >= 0.3 is 5.97 Å². The Balaban J connectivity index is 2.11. The third kappa shape index (κ3) is 4.46. The largest absolute Gasteiger partial charge is 0.465 e. The molecule has 0 aliphatic rings. The van der Waals surface area contributed by atoms with Crippen LogP contribution in [0.15, 0.2) is 48.1 Å². The standard InChI is InChI=1S/C16H19N3O2S/c1-3-10-19-14(11-13-8-6-5-7-9-13)17-18-16(19)22-12-15(20)21-4-2/h3,5-9H,1,4,10-12H2,2H3. The van der Waals surface area contributed by atoms with Crippen molar-refractivity contribution in [1.29, 1.82) is 0 Å². The van der Waals surface area contributed by atoms with Crippen LogP contribution in [0.25, 0.3) is 0 Å². The lowest BCUT2D eigenvalue weighted by Crippen LogP contribution is -2.09. The van der Waals surface area contributed by atoms with E-state index in [1.807, 2.05) is 22.8 Å². The Morgan fingerprint density at radius 3 is 2.82 bits per heavy atom. The van der Waals surface area contributed by atoms with Crippen molar-refractivity contribution >= 4 is 17.7 Å². The fraction of sp³-hybridized carbons (Fsp3) is 0.312. The molecular formula is C16H19N3O2S. The molecule has 0 N–H and O–H groups in total. The van der Waals surface area contributed by atoms with E-state index in [1.54, 1.807) is 13.0 Å². The van der Waals surface area contributed by atoms with Crippen LogP contribution in [-0.2, 0) is 22.5 Å². The summed E-state index contributed by atoms with van der Waals surface area (Å²) >= 11 is 1.33. The van der Waals surface area contributed by atoms with Crippen LogP contribution in [-0.4, -0.2) is 33.1 Å². The number of hydrogen-bond acceptors (Lipinski definition) is 5. The first-order chi connectivity index (χ1) is 10.7. The zero-order valence-corrected chi connectivity index (χ0v) is 13.4. The van der Waals surface area contributed by atoms with Crippen molar-refractivity contribution < 1.29 is 9.53 Å². The van der Waals surface area contributed by atoms with Crippen LogP contribution in [0.4, 0.5) is 0 Å². The van der Waals surface area contributed by atoms with Crippen LogP contribution in [0, 0.1) is 0 Å². The van der Waals surface area contributed by atoms with Gasteiger partial charge < -0.3 is 9.30 Å². The lowest BCUT2D eigenvalue weighted by Gasteiger charge is -2.07. The minimum atomic E-state index is -0.245. The SMILES string of the molecule is C=CCn1c(Cc2ccccc2)nnc1SCC(=O)OCC. The summed E-state index contributed by atoms with van der Waals surface area (Å²) in [6, 6.07) is 10.1. The van der Waals surface area contributed by atoms with Crippen molar-refractivity contribution in [2.75, 3.05) is 12.4 Å². The summed E-state index contributed by atoms with van der Waals surface area (Å²) in [6.45, 7) is 6.56. The average molecular weight is 317 g/mol. The highest BCUT2D eigenvalue weighted by Gasteiger charge is 2.14. The molecule has 0 amide bonds. The quantitative estimate of drug-likeness (QED) is 0.426. The van der Waals surface area contributed by atoms with E-state index in [-0.39, 0.29) is 11.7 Å². The van der Waals surface area contributed by atoms with Gasteiger partial charge in [0.2, 0.25) is 0 Å².